The van der Waals surface area contributed by atoms with Gasteiger partial charge < -0.3 is 9.47 Å². The van der Waals surface area contributed by atoms with Gasteiger partial charge in [-0.3, -0.25) is 4.90 Å². The fourth-order valence-corrected chi connectivity index (χ4v) is 4.27. The van der Waals surface area contributed by atoms with E-state index in [9.17, 15) is 9.59 Å². The second-order valence-corrected chi connectivity index (χ2v) is 7.89. The minimum atomic E-state index is -0.605. The molecule has 1 fully saturated rings. The lowest BCUT2D eigenvalue weighted by atomic mass is 9.98. The molecule has 5 nitrogen and oxygen atoms in total. The zero-order valence-electron chi connectivity index (χ0n) is 16.4. The van der Waals surface area contributed by atoms with Crippen molar-refractivity contribution in [3.8, 4) is 11.1 Å². The van der Waals surface area contributed by atoms with Gasteiger partial charge in [0.1, 0.15) is 12.6 Å². The lowest BCUT2D eigenvalue weighted by molar-refractivity contribution is -0.142. The van der Waals surface area contributed by atoms with Gasteiger partial charge in [-0.2, -0.15) is 0 Å². The molecule has 2 atom stereocenters. The van der Waals surface area contributed by atoms with Gasteiger partial charge in [-0.25, -0.2) is 9.59 Å². The Kier molecular flexibility index (Phi) is 4.84. The summed E-state index contributed by atoms with van der Waals surface area (Å²) in [6.07, 6.45) is -0.536. The predicted octanol–water partition coefficient (Wildman–Crippen LogP) is 4.56. The molecule has 0 radical (unpaired) electrons. The number of hydrogen-bond donors (Lipinski definition) is 0. The molecule has 146 valence electrons. The zero-order valence-corrected chi connectivity index (χ0v) is 16.4. The average molecular weight is 379 g/mol. The largest absolute Gasteiger partial charge is 0.448 e. The maximum Gasteiger partial charge on any atom is 0.413 e. The van der Waals surface area contributed by atoms with Crippen LogP contribution in [0.15, 0.2) is 48.5 Å². The smallest absolute Gasteiger partial charge is 0.413 e. The number of ether oxygens (including phenoxy) is 2. The number of carbonyl (C=O) groups excluding carboxylic acids is 2. The SMILES string of the molecule is CC(C)CC1C(=O)OC(C)N1C(=O)OCC1c2ccccc2-c2ccccc21. The standard InChI is InChI=1S/C23H25NO4/c1-14(2)12-21-22(25)28-15(3)24(21)23(26)27-13-20-18-10-6-4-8-16(18)17-9-5-7-11-19(17)20/h4-11,14-15,20-21H,12-13H2,1-3H3. The third kappa shape index (κ3) is 3.15. The molecule has 1 aliphatic carbocycles. The summed E-state index contributed by atoms with van der Waals surface area (Å²) in [4.78, 5) is 26.4. The first kappa shape index (κ1) is 18.5. The molecular weight excluding hydrogens is 354 g/mol. The summed E-state index contributed by atoms with van der Waals surface area (Å²) < 4.78 is 11.0. The topological polar surface area (TPSA) is 55.8 Å². The Morgan fingerprint density at radius 3 is 2.21 bits per heavy atom. The fraction of sp³-hybridized carbons (Fsp3) is 0.391. The van der Waals surface area contributed by atoms with Crippen LogP contribution in [0.25, 0.3) is 11.1 Å². The summed E-state index contributed by atoms with van der Waals surface area (Å²) in [5, 5.41) is 0. The number of rotatable bonds is 4. The molecule has 2 unspecified atom stereocenters. The van der Waals surface area contributed by atoms with Crippen LogP contribution >= 0.6 is 0 Å². The van der Waals surface area contributed by atoms with E-state index in [2.05, 4.69) is 24.3 Å². The summed E-state index contributed by atoms with van der Waals surface area (Å²) in [7, 11) is 0. The normalized spacial score (nSPS) is 20.9. The lowest BCUT2D eigenvalue weighted by Gasteiger charge is -2.25. The minimum absolute atomic E-state index is 0.00516. The van der Waals surface area contributed by atoms with Crippen molar-refractivity contribution in [2.45, 2.75) is 45.4 Å². The van der Waals surface area contributed by atoms with Gasteiger partial charge in [-0.05, 0) is 41.5 Å². The molecule has 1 heterocycles. The Balaban J connectivity index is 1.53. The number of esters is 1. The van der Waals surface area contributed by atoms with Crippen molar-refractivity contribution in [1.82, 2.24) is 4.90 Å². The van der Waals surface area contributed by atoms with E-state index >= 15 is 0 Å². The van der Waals surface area contributed by atoms with Crippen LogP contribution in [-0.2, 0) is 14.3 Å². The van der Waals surface area contributed by atoms with Gasteiger partial charge in [0.15, 0.2) is 6.23 Å². The molecule has 1 saturated heterocycles. The van der Waals surface area contributed by atoms with Gasteiger partial charge in [-0.15, -0.1) is 0 Å². The summed E-state index contributed by atoms with van der Waals surface area (Å²) in [5.41, 5.74) is 4.70. The summed E-state index contributed by atoms with van der Waals surface area (Å²) in [5.74, 6) is -0.0872. The second kappa shape index (κ2) is 7.30. The van der Waals surface area contributed by atoms with Gasteiger partial charge in [0.2, 0.25) is 0 Å². The van der Waals surface area contributed by atoms with E-state index in [0.717, 1.165) is 11.1 Å². The molecule has 0 aromatic heterocycles. The van der Waals surface area contributed by atoms with Crippen molar-refractivity contribution < 1.29 is 19.1 Å². The van der Waals surface area contributed by atoms with Crippen LogP contribution in [0.4, 0.5) is 4.79 Å². The number of carbonyl (C=O) groups is 2. The quantitative estimate of drug-likeness (QED) is 0.731. The molecule has 0 bridgehead atoms. The number of amides is 1. The van der Waals surface area contributed by atoms with Crippen molar-refractivity contribution in [2.75, 3.05) is 6.61 Å². The molecule has 1 amide bonds. The highest BCUT2D eigenvalue weighted by molar-refractivity contribution is 5.84. The van der Waals surface area contributed by atoms with Crippen LogP contribution in [0.5, 0.6) is 0 Å². The highest BCUT2D eigenvalue weighted by atomic mass is 16.6. The van der Waals surface area contributed by atoms with Crippen molar-refractivity contribution in [3.63, 3.8) is 0 Å². The molecule has 28 heavy (non-hydrogen) atoms. The molecule has 4 rings (SSSR count). The van der Waals surface area contributed by atoms with Crippen molar-refractivity contribution in [3.05, 3.63) is 59.7 Å². The van der Waals surface area contributed by atoms with Crippen LogP contribution in [0, 0.1) is 5.92 Å². The average Bonchev–Trinajstić information content (AvgIpc) is 3.13. The molecule has 0 spiro atoms. The third-order valence-electron chi connectivity index (χ3n) is 5.53. The van der Waals surface area contributed by atoms with E-state index in [1.165, 1.54) is 16.0 Å². The first-order valence-corrected chi connectivity index (χ1v) is 9.81. The van der Waals surface area contributed by atoms with Gasteiger partial charge in [-0.1, -0.05) is 62.4 Å². The Morgan fingerprint density at radius 2 is 1.64 bits per heavy atom. The van der Waals surface area contributed by atoms with E-state index in [0.29, 0.717) is 6.42 Å². The van der Waals surface area contributed by atoms with E-state index in [1.807, 2.05) is 38.1 Å². The minimum Gasteiger partial charge on any atom is -0.448 e. The highest BCUT2D eigenvalue weighted by Crippen LogP contribution is 2.44. The highest BCUT2D eigenvalue weighted by Gasteiger charge is 2.44. The Hall–Kier alpha value is -2.82. The van der Waals surface area contributed by atoms with Gasteiger partial charge in [0.05, 0.1) is 0 Å². The van der Waals surface area contributed by atoms with Crippen molar-refractivity contribution in [1.29, 1.82) is 0 Å². The molecule has 1 aliphatic heterocycles. The fourth-order valence-electron chi connectivity index (χ4n) is 4.27. The maximum absolute atomic E-state index is 12.8. The molecule has 5 heteroatoms. The Labute approximate surface area is 165 Å². The molecular formula is C23H25NO4. The van der Waals surface area contributed by atoms with Gasteiger partial charge in [0.25, 0.3) is 0 Å². The Morgan fingerprint density at radius 1 is 1.07 bits per heavy atom. The van der Waals surface area contributed by atoms with Crippen LogP contribution in [0.2, 0.25) is 0 Å². The van der Waals surface area contributed by atoms with Crippen LogP contribution in [0.1, 0.15) is 44.2 Å². The van der Waals surface area contributed by atoms with Crippen molar-refractivity contribution in [2.24, 2.45) is 5.92 Å². The Bertz CT molecular complexity index is 861. The van der Waals surface area contributed by atoms with E-state index < -0.39 is 18.4 Å². The van der Waals surface area contributed by atoms with Crippen molar-refractivity contribution >= 4 is 12.1 Å². The summed E-state index contributed by atoms with van der Waals surface area (Å²) >= 11 is 0. The number of cyclic esters (lactones) is 1. The molecule has 0 N–H and O–H groups in total. The summed E-state index contributed by atoms with van der Waals surface area (Å²) in [6, 6.07) is 15.9. The maximum atomic E-state index is 12.8. The van der Waals surface area contributed by atoms with E-state index in [-0.39, 0.29) is 24.4 Å². The first-order chi connectivity index (χ1) is 13.5. The predicted molar refractivity (Wildman–Crippen MR) is 106 cm³/mol. The zero-order chi connectivity index (χ0) is 19.8. The van der Waals surface area contributed by atoms with Crippen LogP contribution in [-0.4, -0.2) is 35.8 Å². The van der Waals surface area contributed by atoms with Crippen LogP contribution < -0.4 is 0 Å². The van der Waals surface area contributed by atoms with Crippen LogP contribution in [0.3, 0.4) is 0 Å². The lowest BCUT2D eigenvalue weighted by Crippen LogP contribution is -2.43. The number of fused-ring (bicyclic) bond motifs is 3. The third-order valence-corrected chi connectivity index (χ3v) is 5.53. The summed E-state index contributed by atoms with van der Waals surface area (Å²) in [6.45, 7) is 5.98. The van der Waals surface area contributed by atoms with E-state index in [1.54, 1.807) is 6.92 Å². The molecule has 0 saturated carbocycles. The first-order valence-electron chi connectivity index (χ1n) is 9.81. The molecule has 2 aromatic rings. The monoisotopic (exact) mass is 379 g/mol. The van der Waals surface area contributed by atoms with Gasteiger partial charge >= 0.3 is 12.1 Å². The number of nitrogens with zero attached hydrogens (tertiary/aromatic N) is 1. The second-order valence-electron chi connectivity index (χ2n) is 7.89. The molecule has 2 aromatic carbocycles. The van der Waals surface area contributed by atoms with Gasteiger partial charge in [0, 0.05) is 5.92 Å². The number of benzene rings is 2. The molecule has 2 aliphatic rings. The number of hydrogen-bond acceptors (Lipinski definition) is 4. The van der Waals surface area contributed by atoms with E-state index in [4.69, 9.17) is 9.47 Å².